The lowest BCUT2D eigenvalue weighted by Crippen LogP contribution is -2.53. The molecule has 0 bridgehead atoms. The average Bonchev–Trinajstić information content (AvgIpc) is 3.07. The molecule has 0 spiro atoms. The molecule has 4 rings (SSSR count). The third-order valence-electron chi connectivity index (χ3n) is 7.30. The van der Waals surface area contributed by atoms with Crippen LogP contribution in [-0.2, 0) is 32.6 Å². The molecule has 248 valence electrons. The van der Waals surface area contributed by atoms with Crippen LogP contribution in [0.5, 0.6) is 11.5 Å². The molecule has 0 aromatic heterocycles. The third kappa shape index (κ3) is 8.90. The number of hydrogen-bond donors (Lipinski definition) is 1. The maximum Gasteiger partial charge on any atom is 0.264 e. The molecule has 1 atom stereocenters. The second-order valence-electron chi connectivity index (χ2n) is 10.4. The largest absolute Gasteiger partial charge is 0.493 e. The number of hydrogen-bond acceptors (Lipinski definition) is 6. The van der Waals surface area contributed by atoms with E-state index >= 15 is 0 Å². The van der Waals surface area contributed by atoms with Crippen LogP contribution in [-0.4, -0.2) is 58.5 Å². The van der Waals surface area contributed by atoms with Crippen LogP contribution < -0.4 is 19.1 Å². The van der Waals surface area contributed by atoms with Gasteiger partial charge in [-0.15, -0.1) is 0 Å². The molecule has 1 N–H and O–H groups in total. The number of halogens is 3. The molecule has 4 aromatic carbocycles. The van der Waals surface area contributed by atoms with E-state index in [0.717, 1.165) is 9.87 Å². The van der Waals surface area contributed by atoms with Gasteiger partial charge in [0.15, 0.2) is 11.5 Å². The average molecular weight is 719 g/mol. The molecule has 0 aliphatic rings. The number of methoxy groups -OCH3 is 2. The lowest BCUT2D eigenvalue weighted by Gasteiger charge is -2.34. The van der Waals surface area contributed by atoms with Gasteiger partial charge in [0.2, 0.25) is 11.8 Å². The fourth-order valence-electron chi connectivity index (χ4n) is 4.92. The fourth-order valence-corrected chi connectivity index (χ4v) is 6.80. The number of carbonyl (C=O) groups excluding carboxylic acids is 2. The molecule has 0 aliphatic carbocycles. The zero-order valence-electron chi connectivity index (χ0n) is 26.0. The minimum absolute atomic E-state index is 0.0603. The van der Waals surface area contributed by atoms with E-state index in [2.05, 4.69) is 5.32 Å². The Kier molecular flexibility index (Phi) is 12.4. The second kappa shape index (κ2) is 16.2. The molecule has 0 saturated carbocycles. The number of sulfonamides is 1. The van der Waals surface area contributed by atoms with Gasteiger partial charge >= 0.3 is 0 Å². The monoisotopic (exact) mass is 717 g/mol. The van der Waals surface area contributed by atoms with Crippen molar-refractivity contribution < 1.29 is 27.5 Å². The second-order valence-corrected chi connectivity index (χ2v) is 13.5. The van der Waals surface area contributed by atoms with Gasteiger partial charge in [-0.25, -0.2) is 8.42 Å². The Morgan fingerprint density at radius 1 is 0.809 bits per heavy atom. The number of ether oxygens (including phenoxy) is 2. The summed E-state index contributed by atoms with van der Waals surface area (Å²) in [6.45, 7) is 1.39. The lowest BCUT2D eigenvalue weighted by molar-refractivity contribution is -0.140. The van der Waals surface area contributed by atoms with Gasteiger partial charge in [0, 0.05) is 30.6 Å². The molecular formula is C34H34Cl3N3O6S. The minimum Gasteiger partial charge on any atom is -0.493 e. The van der Waals surface area contributed by atoms with Gasteiger partial charge in [-0.1, -0.05) is 71.2 Å². The summed E-state index contributed by atoms with van der Waals surface area (Å²) in [6, 6.07) is 23.4. The number of carbonyl (C=O) groups is 2. The predicted molar refractivity (Wildman–Crippen MR) is 185 cm³/mol. The van der Waals surface area contributed by atoms with Gasteiger partial charge in [-0.05, 0) is 66.6 Å². The topological polar surface area (TPSA) is 105 Å². The van der Waals surface area contributed by atoms with E-state index in [0.29, 0.717) is 27.9 Å². The normalized spacial score (nSPS) is 11.8. The standard InChI is InChI=1S/C34H34Cl3N3O6S/c1-4-38-34(42)30(19-23-8-6-5-7-9-23)39(21-24-10-16-28(36)29(37)18-24)33(41)22-40(26-13-11-25(35)12-14-26)47(43,44)27-15-17-31(45-2)32(20-27)46-3/h5-18,20,30H,4,19,21-22H2,1-3H3,(H,38,42). The number of benzene rings is 4. The first kappa shape index (κ1) is 35.9. The zero-order chi connectivity index (χ0) is 34.1. The summed E-state index contributed by atoms with van der Waals surface area (Å²) in [5, 5.41) is 3.80. The molecule has 0 radical (unpaired) electrons. The van der Waals surface area contributed by atoms with Crippen molar-refractivity contribution >= 4 is 62.3 Å². The molecule has 1 unspecified atom stereocenters. The van der Waals surface area contributed by atoms with Crippen LogP contribution in [0.4, 0.5) is 5.69 Å². The summed E-state index contributed by atoms with van der Waals surface area (Å²) in [5.74, 6) is -0.511. The van der Waals surface area contributed by atoms with Crippen LogP contribution in [0.25, 0.3) is 0 Å². The van der Waals surface area contributed by atoms with Crippen LogP contribution in [0.2, 0.25) is 15.1 Å². The smallest absolute Gasteiger partial charge is 0.264 e. The van der Waals surface area contributed by atoms with Gasteiger partial charge in [-0.2, -0.15) is 0 Å². The first-order valence-electron chi connectivity index (χ1n) is 14.5. The van der Waals surface area contributed by atoms with Crippen molar-refractivity contribution in [3.05, 3.63) is 117 Å². The Bertz CT molecular complexity index is 1810. The highest BCUT2D eigenvalue weighted by Crippen LogP contribution is 2.33. The fraction of sp³-hybridized carbons (Fsp3) is 0.235. The Balaban J connectivity index is 1.83. The molecular weight excluding hydrogens is 685 g/mol. The van der Waals surface area contributed by atoms with E-state index in [1.54, 1.807) is 25.1 Å². The molecule has 0 saturated heterocycles. The first-order valence-corrected chi connectivity index (χ1v) is 17.1. The maximum absolute atomic E-state index is 14.5. The molecule has 0 heterocycles. The molecule has 13 heteroatoms. The van der Waals surface area contributed by atoms with Crippen molar-refractivity contribution in [3.8, 4) is 11.5 Å². The van der Waals surface area contributed by atoms with Gasteiger partial charge in [0.05, 0.1) is 34.8 Å². The third-order valence-corrected chi connectivity index (χ3v) is 10.1. The minimum atomic E-state index is -4.39. The number of anilines is 1. The number of amides is 2. The molecule has 4 aromatic rings. The van der Waals surface area contributed by atoms with Crippen LogP contribution >= 0.6 is 34.8 Å². The van der Waals surface area contributed by atoms with Crippen LogP contribution in [0.15, 0.2) is 95.9 Å². The quantitative estimate of drug-likeness (QED) is 0.157. The number of nitrogens with zero attached hydrogens (tertiary/aromatic N) is 2. The highest BCUT2D eigenvalue weighted by Gasteiger charge is 2.35. The SMILES string of the molecule is CCNC(=O)C(Cc1ccccc1)N(Cc1ccc(Cl)c(Cl)c1)C(=O)CN(c1ccc(Cl)cc1)S(=O)(=O)c1ccc(OC)c(OC)c1. The Morgan fingerprint density at radius 2 is 1.49 bits per heavy atom. The van der Waals surface area contributed by atoms with Crippen LogP contribution in [0.3, 0.4) is 0 Å². The Labute approximate surface area is 290 Å². The van der Waals surface area contributed by atoms with Gasteiger partial charge in [0.1, 0.15) is 12.6 Å². The Hall–Kier alpha value is -3.96. The summed E-state index contributed by atoms with van der Waals surface area (Å²) in [4.78, 5) is 29.4. The van der Waals surface area contributed by atoms with Gasteiger partial charge in [0.25, 0.3) is 10.0 Å². The van der Waals surface area contributed by atoms with E-state index in [1.165, 1.54) is 61.6 Å². The van der Waals surface area contributed by atoms with Crippen molar-refractivity contribution in [2.75, 3.05) is 31.6 Å². The molecule has 9 nitrogen and oxygen atoms in total. The molecule has 47 heavy (non-hydrogen) atoms. The summed E-state index contributed by atoms with van der Waals surface area (Å²) >= 11 is 18.6. The number of rotatable bonds is 14. The van der Waals surface area contributed by atoms with E-state index in [-0.39, 0.29) is 34.3 Å². The molecule has 0 aliphatic heterocycles. The first-order chi connectivity index (χ1) is 22.5. The highest BCUT2D eigenvalue weighted by atomic mass is 35.5. The zero-order valence-corrected chi connectivity index (χ0v) is 29.0. The van der Waals surface area contributed by atoms with Crippen LogP contribution in [0.1, 0.15) is 18.1 Å². The van der Waals surface area contributed by atoms with E-state index in [9.17, 15) is 18.0 Å². The van der Waals surface area contributed by atoms with Gasteiger partial charge in [-0.3, -0.25) is 13.9 Å². The van der Waals surface area contributed by atoms with Crippen molar-refractivity contribution in [3.63, 3.8) is 0 Å². The highest BCUT2D eigenvalue weighted by molar-refractivity contribution is 7.92. The van der Waals surface area contributed by atoms with E-state index in [1.807, 2.05) is 30.3 Å². The lowest BCUT2D eigenvalue weighted by atomic mass is 10.0. The molecule has 2 amide bonds. The van der Waals surface area contributed by atoms with Crippen molar-refractivity contribution in [2.24, 2.45) is 0 Å². The number of nitrogens with one attached hydrogen (secondary N) is 1. The maximum atomic E-state index is 14.5. The summed E-state index contributed by atoms with van der Waals surface area (Å²) in [6.07, 6.45) is 0.170. The van der Waals surface area contributed by atoms with E-state index < -0.39 is 34.4 Å². The Morgan fingerprint density at radius 3 is 2.11 bits per heavy atom. The molecule has 0 fully saturated rings. The summed E-state index contributed by atoms with van der Waals surface area (Å²) in [5.41, 5.74) is 1.59. The predicted octanol–water partition coefficient (Wildman–Crippen LogP) is 6.64. The summed E-state index contributed by atoms with van der Waals surface area (Å²) in [7, 11) is -1.55. The summed E-state index contributed by atoms with van der Waals surface area (Å²) < 4.78 is 40.2. The van der Waals surface area contributed by atoms with Crippen molar-refractivity contribution in [2.45, 2.75) is 30.8 Å². The van der Waals surface area contributed by atoms with Crippen molar-refractivity contribution in [1.29, 1.82) is 0 Å². The van der Waals surface area contributed by atoms with E-state index in [4.69, 9.17) is 44.3 Å². The van der Waals surface area contributed by atoms with Crippen LogP contribution in [0, 0.1) is 0 Å². The number of likely N-dealkylation sites (N-methyl/N-ethyl adjacent to an activating group) is 1. The van der Waals surface area contributed by atoms with Gasteiger partial charge < -0.3 is 19.7 Å². The van der Waals surface area contributed by atoms with Crippen molar-refractivity contribution in [1.82, 2.24) is 10.2 Å².